The maximum atomic E-state index is 5.06. The Morgan fingerprint density at radius 1 is 1.18 bits per heavy atom. The summed E-state index contributed by atoms with van der Waals surface area (Å²) in [6, 6.07) is 1.83. The highest BCUT2D eigenvalue weighted by molar-refractivity contribution is 5.30. The van der Waals surface area contributed by atoms with Crippen LogP contribution in [0.15, 0.2) is 16.8 Å². The van der Waals surface area contributed by atoms with Gasteiger partial charge < -0.3 is 4.52 Å². The second-order valence-electron chi connectivity index (χ2n) is 5.06. The Kier molecular flexibility index (Phi) is 2.90. The molecule has 0 radical (unpaired) electrons. The molecule has 3 nitrogen and oxygen atoms in total. The molecule has 1 aromatic rings. The van der Waals surface area contributed by atoms with Gasteiger partial charge >= 0.3 is 0 Å². The molecule has 1 aromatic heterocycles. The first-order chi connectivity index (χ1) is 8.39. The largest absolute Gasteiger partial charge is 0.348 e. The fraction of sp³-hybridized carbons (Fsp3) is 0.643. The molecule has 2 saturated heterocycles. The van der Waals surface area contributed by atoms with E-state index in [0.29, 0.717) is 5.76 Å². The summed E-state index contributed by atoms with van der Waals surface area (Å²) in [5.41, 5.74) is 0.128. The first-order valence-corrected chi connectivity index (χ1v) is 6.58. The summed E-state index contributed by atoms with van der Waals surface area (Å²) in [4.78, 5) is 2.59. The number of fused-ring (bicyclic) bond motifs is 1. The average Bonchev–Trinajstić information content (AvgIpc) is 2.90. The Morgan fingerprint density at radius 3 is 2.59 bits per heavy atom. The zero-order valence-electron chi connectivity index (χ0n) is 10.1. The standard InChI is InChI=1S/C14H18N2O/c1-3-11-16-12-4-2-8-14(16,7-1)9-5-13-6-10-15-17-13/h6,10H,1-4,7-8,11-12H2. The van der Waals surface area contributed by atoms with Gasteiger partial charge in [0.1, 0.15) is 0 Å². The van der Waals surface area contributed by atoms with Gasteiger partial charge in [0, 0.05) is 6.07 Å². The first kappa shape index (κ1) is 10.9. The van der Waals surface area contributed by atoms with Gasteiger partial charge in [-0.2, -0.15) is 0 Å². The minimum absolute atomic E-state index is 0.128. The minimum atomic E-state index is 0.128. The molecule has 0 atom stereocenters. The third-order valence-corrected chi connectivity index (χ3v) is 4.00. The van der Waals surface area contributed by atoms with Gasteiger partial charge in [-0.1, -0.05) is 11.1 Å². The summed E-state index contributed by atoms with van der Waals surface area (Å²) in [6.45, 7) is 2.43. The number of nitrogens with zero attached hydrogens (tertiary/aromatic N) is 2. The molecule has 0 spiro atoms. The molecule has 2 fully saturated rings. The van der Waals surface area contributed by atoms with Crippen LogP contribution >= 0.6 is 0 Å². The number of piperidine rings is 2. The molecule has 0 unspecified atom stereocenters. The Morgan fingerprint density at radius 2 is 1.94 bits per heavy atom. The molecule has 90 valence electrons. The lowest BCUT2D eigenvalue weighted by atomic mass is 9.80. The topological polar surface area (TPSA) is 29.3 Å². The Hall–Kier alpha value is -1.27. The third-order valence-electron chi connectivity index (χ3n) is 4.00. The maximum Gasteiger partial charge on any atom is 0.209 e. The number of aromatic nitrogens is 1. The predicted molar refractivity (Wildman–Crippen MR) is 65.4 cm³/mol. The normalized spacial score (nSPS) is 23.5. The highest BCUT2D eigenvalue weighted by Crippen LogP contribution is 2.35. The van der Waals surface area contributed by atoms with E-state index in [2.05, 4.69) is 21.9 Å². The van der Waals surface area contributed by atoms with Gasteiger partial charge in [0.15, 0.2) is 0 Å². The van der Waals surface area contributed by atoms with Crippen LogP contribution in [0.5, 0.6) is 0 Å². The van der Waals surface area contributed by atoms with Gasteiger partial charge in [-0.3, -0.25) is 4.90 Å². The van der Waals surface area contributed by atoms with E-state index in [1.165, 1.54) is 51.6 Å². The van der Waals surface area contributed by atoms with Crippen molar-refractivity contribution in [3.8, 4) is 11.8 Å². The van der Waals surface area contributed by atoms with E-state index in [1.807, 2.05) is 6.07 Å². The second kappa shape index (κ2) is 4.54. The van der Waals surface area contributed by atoms with Crippen LogP contribution in [0.2, 0.25) is 0 Å². The van der Waals surface area contributed by atoms with Crippen molar-refractivity contribution in [2.75, 3.05) is 13.1 Å². The van der Waals surface area contributed by atoms with E-state index in [1.54, 1.807) is 6.20 Å². The molecular weight excluding hydrogens is 212 g/mol. The summed E-state index contributed by atoms with van der Waals surface area (Å²) < 4.78 is 5.06. The van der Waals surface area contributed by atoms with Crippen molar-refractivity contribution in [1.82, 2.24) is 10.1 Å². The summed E-state index contributed by atoms with van der Waals surface area (Å²) >= 11 is 0. The van der Waals surface area contributed by atoms with Gasteiger partial charge in [0.2, 0.25) is 5.76 Å². The van der Waals surface area contributed by atoms with Gasteiger partial charge in [0.05, 0.1) is 11.7 Å². The molecular formula is C14H18N2O. The van der Waals surface area contributed by atoms with Crippen molar-refractivity contribution in [2.45, 2.75) is 44.1 Å². The SMILES string of the molecule is C(#CC12CCCCN1CCCC2)c1ccno1. The van der Waals surface area contributed by atoms with E-state index < -0.39 is 0 Å². The summed E-state index contributed by atoms with van der Waals surface area (Å²) in [5, 5.41) is 3.70. The van der Waals surface area contributed by atoms with Crippen LogP contribution in [-0.2, 0) is 0 Å². The Labute approximate surface area is 102 Å². The van der Waals surface area contributed by atoms with Gasteiger partial charge in [-0.25, -0.2) is 0 Å². The molecule has 2 aliphatic heterocycles. The Bertz CT molecular complexity index is 415. The Balaban J connectivity index is 1.86. The molecule has 0 bridgehead atoms. The van der Waals surface area contributed by atoms with Crippen LogP contribution < -0.4 is 0 Å². The van der Waals surface area contributed by atoms with E-state index in [0.717, 1.165) is 0 Å². The van der Waals surface area contributed by atoms with E-state index in [-0.39, 0.29) is 5.54 Å². The van der Waals surface area contributed by atoms with Crippen molar-refractivity contribution >= 4 is 0 Å². The molecule has 17 heavy (non-hydrogen) atoms. The fourth-order valence-corrected chi connectivity index (χ4v) is 3.08. The lowest BCUT2D eigenvalue weighted by Crippen LogP contribution is -2.53. The molecule has 3 heterocycles. The van der Waals surface area contributed by atoms with Crippen LogP contribution in [-0.4, -0.2) is 28.7 Å². The summed E-state index contributed by atoms with van der Waals surface area (Å²) in [6.07, 6.45) is 9.35. The van der Waals surface area contributed by atoms with Crippen LogP contribution in [0, 0.1) is 11.8 Å². The monoisotopic (exact) mass is 230 g/mol. The van der Waals surface area contributed by atoms with Crippen molar-refractivity contribution in [2.24, 2.45) is 0 Å². The second-order valence-corrected chi connectivity index (χ2v) is 5.06. The van der Waals surface area contributed by atoms with Crippen LogP contribution in [0.3, 0.4) is 0 Å². The van der Waals surface area contributed by atoms with Gasteiger partial charge in [0.25, 0.3) is 0 Å². The zero-order valence-corrected chi connectivity index (χ0v) is 10.1. The van der Waals surface area contributed by atoms with Crippen molar-refractivity contribution in [3.63, 3.8) is 0 Å². The van der Waals surface area contributed by atoms with E-state index in [9.17, 15) is 0 Å². The van der Waals surface area contributed by atoms with E-state index >= 15 is 0 Å². The van der Waals surface area contributed by atoms with Crippen molar-refractivity contribution in [3.05, 3.63) is 18.0 Å². The van der Waals surface area contributed by atoms with Crippen LogP contribution in [0.1, 0.15) is 44.3 Å². The highest BCUT2D eigenvalue weighted by Gasteiger charge is 2.38. The number of rotatable bonds is 0. The number of hydrogen-bond acceptors (Lipinski definition) is 3. The summed E-state index contributed by atoms with van der Waals surface area (Å²) in [5.74, 6) is 7.34. The molecule has 0 N–H and O–H groups in total. The quantitative estimate of drug-likeness (QED) is 0.641. The third kappa shape index (κ3) is 2.10. The van der Waals surface area contributed by atoms with Crippen molar-refractivity contribution in [1.29, 1.82) is 0 Å². The average molecular weight is 230 g/mol. The first-order valence-electron chi connectivity index (χ1n) is 6.58. The minimum Gasteiger partial charge on any atom is -0.348 e. The maximum absolute atomic E-state index is 5.06. The zero-order chi connectivity index (χ0) is 11.6. The van der Waals surface area contributed by atoms with Gasteiger partial charge in [-0.05, 0) is 57.5 Å². The molecule has 3 rings (SSSR count). The van der Waals surface area contributed by atoms with E-state index in [4.69, 9.17) is 4.52 Å². The highest BCUT2D eigenvalue weighted by atomic mass is 16.5. The van der Waals surface area contributed by atoms with Crippen LogP contribution in [0.25, 0.3) is 0 Å². The fourth-order valence-electron chi connectivity index (χ4n) is 3.08. The molecule has 0 amide bonds. The molecule has 0 aromatic carbocycles. The molecule has 0 aliphatic carbocycles. The molecule has 2 aliphatic rings. The smallest absolute Gasteiger partial charge is 0.209 e. The predicted octanol–water partition coefficient (Wildman–Crippen LogP) is 2.43. The molecule has 0 saturated carbocycles. The lowest BCUT2D eigenvalue weighted by Gasteiger charge is -2.47. The number of hydrogen-bond donors (Lipinski definition) is 0. The summed E-state index contributed by atoms with van der Waals surface area (Å²) in [7, 11) is 0. The van der Waals surface area contributed by atoms with Crippen LogP contribution in [0.4, 0.5) is 0 Å². The molecule has 3 heteroatoms. The lowest BCUT2D eigenvalue weighted by molar-refractivity contribution is 0.0568. The van der Waals surface area contributed by atoms with Crippen molar-refractivity contribution < 1.29 is 4.52 Å². The van der Waals surface area contributed by atoms with Gasteiger partial charge in [-0.15, -0.1) is 0 Å².